The normalized spacial score (nSPS) is 11.1. The van der Waals surface area contributed by atoms with Crippen molar-refractivity contribution in [3.63, 3.8) is 0 Å². The van der Waals surface area contributed by atoms with Gasteiger partial charge in [0.05, 0.1) is 16.3 Å². The summed E-state index contributed by atoms with van der Waals surface area (Å²) in [6.07, 6.45) is 0. The molecule has 0 amide bonds. The molecule has 0 aliphatic heterocycles. The van der Waals surface area contributed by atoms with Crippen molar-refractivity contribution in [1.82, 2.24) is 0 Å². The molecule has 0 unspecified atom stereocenters. The Labute approximate surface area is 95.9 Å². The fraction of sp³-hybridized carbons (Fsp3) is 0. The molecule has 0 aromatic heterocycles. The Morgan fingerprint density at radius 2 is 2.00 bits per heavy atom. The first-order valence-corrected chi connectivity index (χ1v) is 5.74. The highest BCUT2D eigenvalue weighted by Crippen LogP contribution is 2.27. The van der Waals surface area contributed by atoms with Gasteiger partial charge in [0.2, 0.25) is 0 Å². The Balaban J connectivity index is 3.22. The van der Waals surface area contributed by atoms with Crippen LogP contribution in [0.3, 0.4) is 0 Å². The van der Waals surface area contributed by atoms with Crippen LogP contribution >= 0.6 is 23.2 Å². The summed E-state index contributed by atoms with van der Waals surface area (Å²) in [6, 6.07) is 3.97. The molecule has 1 rings (SSSR count). The first-order chi connectivity index (χ1) is 6.81. The molecule has 82 valence electrons. The highest BCUT2D eigenvalue weighted by Gasteiger charge is 2.14. The third-order valence-electron chi connectivity index (χ3n) is 1.45. The molecule has 1 aromatic carbocycles. The lowest BCUT2D eigenvalue weighted by atomic mass is 10.2. The van der Waals surface area contributed by atoms with E-state index in [1.165, 1.54) is 18.2 Å². The number of halogens is 2. The Hall–Kier alpha value is -0.820. The van der Waals surface area contributed by atoms with Crippen LogP contribution in [0.25, 0.3) is 0 Å². The van der Waals surface area contributed by atoms with Crippen molar-refractivity contribution in [1.29, 1.82) is 0 Å². The van der Waals surface area contributed by atoms with E-state index in [4.69, 9.17) is 27.8 Å². The lowest BCUT2D eigenvalue weighted by Gasteiger charge is -2.06. The molecule has 0 aliphatic carbocycles. The minimum atomic E-state index is -4.43. The summed E-state index contributed by atoms with van der Waals surface area (Å²) < 4.78 is 31.2. The van der Waals surface area contributed by atoms with Gasteiger partial charge < -0.3 is 0 Å². The van der Waals surface area contributed by atoms with Crippen LogP contribution in [0.5, 0.6) is 0 Å². The van der Waals surface area contributed by atoms with E-state index in [-0.39, 0.29) is 16.3 Å². The van der Waals surface area contributed by atoms with Crippen molar-refractivity contribution in [3.8, 4) is 0 Å². The Bertz CT molecular complexity index is 500. The summed E-state index contributed by atoms with van der Waals surface area (Å²) in [6.45, 7) is 0. The molecular formula is C7H5Cl2NO4S. The molecule has 0 aliphatic rings. The second-order valence-corrected chi connectivity index (χ2v) is 4.39. The smallest absolute Gasteiger partial charge is 0.276 e. The molecule has 0 fully saturated rings. The van der Waals surface area contributed by atoms with E-state index >= 15 is 0 Å². The molecule has 0 heterocycles. The van der Waals surface area contributed by atoms with E-state index in [0.717, 1.165) is 0 Å². The predicted molar refractivity (Wildman–Crippen MR) is 56.8 cm³/mol. The first-order valence-electron chi connectivity index (χ1n) is 3.55. The van der Waals surface area contributed by atoms with E-state index in [2.05, 4.69) is 0 Å². The topological polar surface area (TPSA) is 83.5 Å². The molecule has 1 aromatic rings. The van der Waals surface area contributed by atoms with Gasteiger partial charge in [-0.2, -0.15) is 8.42 Å². The van der Waals surface area contributed by atoms with Gasteiger partial charge in [-0.3, -0.25) is 14.1 Å². The van der Waals surface area contributed by atoms with Gasteiger partial charge in [-0.1, -0.05) is 17.7 Å². The minimum absolute atomic E-state index is 0.0491. The molecule has 8 heteroatoms. The van der Waals surface area contributed by atoms with Gasteiger partial charge in [0, 0.05) is 0 Å². The van der Waals surface area contributed by atoms with E-state index in [0.29, 0.717) is 0 Å². The monoisotopic (exact) mass is 269 g/mol. The van der Waals surface area contributed by atoms with Crippen LogP contribution in [0.4, 0.5) is 5.69 Å². The van der Waals surface area contributed by atoms with Gasteiger partial charge in [-0.25, -0.2) is 0 Å². The maximum atomic E-state index is 10.8. The van der Waals surface area contributed by atoms with Gasteiger partial charge in [0.25, 0.3) is 5.24 Å². The number of hydrogen-bond acceptors (Lipinski definition) is 3. The zero-order valence-corrected chi connectivity index (χ0v) is 9.40. The average molecular weight is 270 g/mol. The molecule has 15 heavy (non-hydrogen) atoms. The third kappa shape index (κ3) is 3.35. The number of carbonyl (C=O) groups excluding carboxylic acids is 1. The molecule has 0 spiro atoms. The number of hydrogen-bond donors (Lipinski definition) is 2. The van der Waals surface area contributed by atoms with Crippen molar-refractivity contribution < 1.29 is 17.8 Å². The highest BCUT2D eigenvalue weighted by atomic mass is 35.5. The fourth-order valence-corrected chi connectivity index (χ4v) is 1.87. The van der Waals surface area contributed by atoms with Crippen LogP contribution in [0.15, 0.2) is 18.2 Å². The zero-order valence-electron chi connectivity index (χ0n) is 7.07. The van der Waals surface area contributed by atoms with E-state index in [1.807, 2.05) is 0 Å². The lowest BCUT2D eigenvalue weighted by Crippen LogP contribution is -2.11. The quantitative estimate of drug-likeness (QED) is 0.649. The summed E-state index contributed by atoms with van der Waals surface area (Å²) in [5.41, 5.74) is -0.169. The van der Waals surface area contributed by atoms with Crippen molar-refractivity contribution >= 4 is 44.4 Å². The van der Waals surface area contributed by atoms with E-state index < -0.39 is 15.5 Å². The molecule has 5 nitrogen and oxygen atoms in total. The van der Waals surface area contributed by atoms with Crippen molar-refractivity contribution in [2.75, 3.05) is 4.72 Å². The number of rotatable bonds is 3. The Kier molecular flexibility index (Phi) is 3.56. The van der Waals surface area contributed by atoms with Gasteiger partial charge >= 0.3 is 10.3 Å². The third-order valence-corrected chi connectivity index (χ3v) is 2.54. The van der Waals surface area contributed by atoms with Crippen LogP contribution in [0.1, 0.15) is 10.4 Å². The zero-order chi connectivity index (χ0) is 11.6. The van der Waals surface area contributed by atoms with Gasteiger partial charge in [0.15, 0.2) is 0 Å². The summed E-state index contributed by atoms with van der Waals surface area (Å²) in [5.74, 6) is 0. The maximum absolute atomic E-state index is 10.8. The van der Waals surface area contributed by atoms with Gasteiger partial charge in [-0.05, 0) is 23.7 Å². The van der Waals surface area contributed by atoms with Crippen LogP contribution in [0.2, 0.25) is 5.02 Å². The standard InChI is InChI=1S/C7H5Cl2NO4S/c8-6-4(7(9)11)2-1-3-5(6)10-15(12,13)14/h1-3,10H,(H,12,13,14). The minimum Gasteiger partial charge on any atom is -0.276 e. The number of nitrogens with one attached hydrogen (secondary N) is 1. The Morgan fingerprint density at radius 3 is 2.47 bits per heavy atom. The molecule has 0 saturated heterocycles. The number of carbonyl (C=O) groups is 1. The average Bonchev–Trinajstić information content (AvgIpc) is 2.05. The fourth-order valence-electron chi connectivity index (χ4n) is 0.902. The first kappa shape index (κ1) is 12.3. The van der Waals surface area contributed by atoms with Crippen molar-refractivity contribution in [3.05, 3.63) is 28.8 Å². The highest BCUT2D eigenvalue weighted by molar-refractivity contribution is 7.87. The number of benzene rings is 1. The predicted octanol–water partition coefficient (Wildman–Crippen LogP) is 1.93. The van der Waals surface area contributed by atoms with Crippen molar-refractivity contribution in [2.24, 2.45) is 0 Å². The van der Waals surface area contributed by atoms with Crippen LogP contribution in [-0.2, 0) is 10.3 Å². The Morgan fingerprint density at radius 1 is 1.40 bits per heavy atom. The molecule has 0 bridgehead atoms. The molecule has 0 saturated carbocycles. The molecular weight excluding hydrogens is 265 g/mol. The van der Waals surface area contributed by atoms with E-state index in [1.54, 1.807) is 4.72 Å². The lowest BCUT2D eigenvalue weighted by molar-refractivity contribution is 0.108. The molecule has 0 radical (unpaired) electrons. The largest absolute Gasteiger partial charge is 0.357 e. The van der Waals surface area contributed by atoms with Crippen molar-refractivity contribution in [2.45, 2.75) is 0 Å². The number of anilines is 1. The molecule has 2 N–H and O–H groups in total. The van der Waals surface area contributed by atoms with Gasteiger partial charge in [-0.15, -0.1) is 0 Å². The van der Waals surface area contributed by atoms with Crippen LogP contribution in [0, 0.1) is 0 Å². The summed E-state index contributed by atoms with van der Waals surface area (Å²) >= 11 is 10.9. The summed E-state index contributed by atoms with van der Waals surface area (Å²) in [7, 11) is -4.43. The summed E-state index contributed by atoms with van der Waals surface area (Å²) in [5, 5.41) is -0.992. The maximum Gasteiger partial charge on any atom is 0.357 e. The van der Waals surface area contributed by atoms with Crippen LogP contribution in [-0.4, -0.2) is 18.2 Å². The SMILES string of the molecule is O=C(Cl)c1cccc(NS(=O)(=O)O)c1Cl. The van der Waals surface area contributed by atoms with Crippen LogP contribution < -0.4 is 4.72 Å². The summed E-state index contributed by atoms with van der Waals surface area (Å²) in [4.78, 5) is 10.8. The second-order valence-electron chi connectivity index (χ2n) is 2.52. The van der Waals surface area contributed by atoms with Gasteiger partial charge in [0.1, 0.15) is 0 Å². The molecule has 0 atom stereocenters. The second kappa shape index (κ2) is 4.36. The van der Waals surface area contributed by atoms with E-state index in [9.17, 15) is 13.2 Å².